The molecule has 1 aromatic heterocycles. The first-order chi connectivity index (χ1) is 12.3. The Morgan fingerprint density at radius 3 is 2.50 bits per heavy atom. The number of nitrogens with one attached hydrogen (secondary N) is 2. The van der Waals surface area contributed by atoms with E-state index in [1.165, 1.54) is 0 Å². The van der Waals surface area contributed by atoms with E-state index in [2.05, 4.69) is 10.3 Å². The zero-order valence-corrected chi connectivity index (χ0v) is 15.5. The number of nitrogens with zero attached hydrogens (tertiary/aromatic N) is 2. The molecule has 2 N–H and O–H groups in total. The van der Waals surface area contributed by atoms with Gasteiger partial charge in [0.1, 0.15) is 0 Å². The van der Waals surface area contributed by atoms with Crippen LogP contribution in [0, 0.1) is 5.41 Å². The summed E-state index contributed by atoms with van der Waals surface area (Å²) in [5.41, 5.74) is 1.12. The number of likely N-dealkylation sites (tertiary alicyclic amines) is 1. The van der Waals surface area contributed by atoms with E-state index in [-0.39, 0.29) is 30.1 Å². The monoisotopic (exact) mass is 358 g/mol. The van der Waals surface area contributed by atoms with Crippen LogP contribution in [0.2, 0.25) is 0 Å². The molecule has 140 valence electrons. The van der Waals surface area contributed by atoms with Gasteiger partial charge in [-0.15, -0.1) is 0 Å². The van der Waals surface area contributed by atoms with Gasteiger partial charge in [0.05, 0.1) is 17.6 Å². The summed E-state index contributed by atoms with van der Waals surface area (Å²) in [6.07, 6.45) is 1.45. The second-order valence-corrected chi connectivity index (χ2v) is 7.86. The van der Waals surface area contributed by atoms with Gasteiger partial charge < -0.3 is 15.2 Å². The van der Waals surface area contributed by atoms with Crippen LogP contribution in [0.3, 0.4) is 0 Å². The molecule has 2 amide bonds. The van der Waals surface area contributed by atoms with Crippen LogP contribution in [0.4, 0.5) is 0 Å². The van der Waals surface area contributed by atoms with Crippen LogP contribution in [0.15, 0.2) is 29.1 Å². The van der Waals surface area contributed by atoms with Gasteiger partial charge in [-0.2, -0.15) is 0 Å². The topological polar surface area (TPSA) is 87.2 Å². The van der Waals surface area contributed by atoms with Crippen molar-refractivity contribution in [1.82, 2.24) is 19.8 Å². The molecule has 0 aliphatic carbocycles. The Labute approximate surface area is 152 Å². The Morgan fingerprint density at radius 2 is 1.85 bits per heavy atom. The largest absolute Gasteiger partial charge is 0.347 e. The highest BCUT2D eigenvalue weighted by Crippen LogP contribution is 2.24. The van der Waals surface area contributed by atoms with Crippen molar-refractivity contribution >= 4 is 22.8 Å². The van der Waals surface area contributed by atoms with Crippen LogP contribution in [-0.4, -0.2) is 45.9 Å². The van der Waals surface area contributed by atoms with Gasteiger partial charge in [0, 0.05) is 24.5 Å². The molecular weight excluding hydrogens is 332 g/mol. The fourth-order valence-corrected chi connectivity index (χ4v) is 3.34. The average molecular weight is 358 g/mol. The van der Waals surface area contributed by atoms with Crippen LogP contribution < -0.4 is 11.0 Å². The summed E-state index contributed by atoms with van der Waals surface area (Å²) >= 11 is 0. The normalized spacial score (nSPS) is 16.0. The Balaban J connectivity index is 1.60. The predicted octanol–water partition coefficient (Wildman–Crippen LogP) is 1.66. The molecule has 1 aliphatic rings. The highest BCUT2D eigenvalue weighted by atomic mass is 16.2. The number of amides is 2. The highest BCUT2D eigenvalue weighted by Gasteiger charge is 2.27. The SMILES string of the molecule is CC(C)(C)C(=O)NCC(=O)N1CCC(n2c(=O)[nH]c3ccccc32)CC1. The minimum atomic E-state index is -0.510. The van der Waals surface area contributed by atoms with Crippen LogP contribution in [0.1, 0.15) is 39.7 Å². The highest BCUT2D eigenvalue weighted by molar-refractivity contribution is 5.87. The summed E-state index contributed by atoms with van der Waals surface area (Å²) in [6, 6.07) is 7.72. The molecule has 26 heavy (non-hydrogen) atoms. The zero-order chi connectivity index (χ0) is 18.9. The molecule has 7 nitrogen and oxygen atoms in total. The van der Waals surface area contributed by atoms with Gasteiger partial charge in [-0.25, -0.2) is 4.79 Å². The summed E-state index contributed by atoms with van der Waals surface area (Å²) in [5.74, 6) is -0.210. The summed E-state index contributed by atoms with van der Waals surface area (Å²) < 4.78 is 1.80. The number of aromatic nitrogens is 2. The van der Waals surface area contributed by atoms with E-state index in [1.807, 2.05) is 45.0 Å². The van der Waals surface area contributed by atoms with Crippen molar-refractivity contribution in [3.8, 4) is 0 Å². The number of H-pyrrole nitrogens is 1. The Morgan fingerprint density at radius 1 is 1.19 bits per heavy atom. The summed E-state index contributed by atoms with van der Waals surface area (Å²) in [5, 5.41) is 2.70. The Kier molecular flexibility index (Phi) is 4.89. The number of carbonyl (C=O) groups is 2. The minimum absolute atomic E-state index is 0.0216. The number of carbonyl (C=O) groups excluding carboxylic acids is 2. The van der Waals surface area contributed by atoms with Gasteiger partial charge in [0.2, 0.25) is 11.8 Å². The molecule has 0 atom stereocenters. The number of para-hydroxylation sites is 2. The smallest absolute Gasteiger partial charge is 0.326 e. The zero-order valence-electron chi connectivity index (χ0n) is 15.5. The lowest BCUT2D eigenvalue weighted by atomic mass is 9.96. The van der Waals surface area contributed by atoms with Gasteiger partial charge in [0.25, 0.3) is 0 Å². The molecule has 1 aliphatic heterocycles. The van der Waals surface area contributed by atoms with Crippen molar-refractivity contribution in [2.75, 3.05) is 19.6 Å². The number of fused-ring (bicyclic) bond motifs is 1. The molecule has 7 heteroatoms. The summed E-state index contributed by atoms with van der Waals surface area (Å²) in [6.45, 7) is 6.64. The minimum Gasteiger partial charge on any atom is -0.347 e. The first-order valence-electron chi connectivity index (χ1n) is 9.02. The van der Waals surface area contributed by atoms with E-state index in [1.54, 1.807) is 9.47 Å². The maximum atomic E-state index is 12.3. The third-order valence-electron chi connectivity index (χ3n) is 4.89. The van der Waals surface area contributed by atoms with Crippen molar-refractivity contribution in [2.24, 2.45) is 5.41 Å². The molecule has 2 aromatic rings. The van der Waals surface area contributed by atoms with Gasteiger partial charge in [-0.3, -0.25) is 14.2 Å². The summed E-state index contributed by atoms with van der Waals surface area (Å²) in [4.78, 5) is 41.2. The van der Waals surface area contributed by atoms with Gasteiger partial charge in [-0.05, 0) is 25.0 Å². The van der Waals surface area contributed by atoms with Crippen molar-refractivity contribution < 1.29 is 9.59 Å². The van der Waals surface area contributed by atoms with Crippen molar-refractivity contribution in [3.05, 3.63) is 34.7 Å². The van der Waals surface area contributed by atoms with E-state index in [4.69, 9.17) is 0 Å². The number of rotatable bonds is 3. The van der Waals surface area contributed by atoms with Crippen LogP contribution >= 0.6 is 0 Å². The van der Waals surface area contributed by atoms with Gasteiger partial charge in [-0.1, -0.05) is 32.9 Å². The van der Waals surface area contributed by atoms with Crippen LogP contribution in [-0.2, 0) is 9.59 Å². The Hall–Kier alpha value is -2.57. The van der Waals surface area contributed by atoms with E-state index in [9.17, 15) is 14.4 Å². The molecule has 3 rings (SSSR count). The number of hydrogen-bond donors (Lipinski definition) is 2. The molecule has 0 saturated carbocycles. The average Bonchev–Trinajstić information content (AvgIpc) is 2.94. The van der Waals surface area contributed by atoms with Crippen molar-refractivity contribution in [1.29, 1.82) is 0 Å². The van der Waals surface area contributed by atoms with E-state index in [0.29, 0.717) is 13.1 Å². The number of benzene rings is 1. The molecule has 2 heterocycles. The second kappa shape index (κ2) is 6.97. The quantitative estimate of drug-likeness (QED) is 0.875. The Bertz CT molecular complexity index is 867. The molecule has 0 unspecified atom stereocenters. The number of imidazole rings is 1. The van der Waals surface area contributed by atoms with Gasteiger partial charge >= 0.3 is 5.69 Å². The maximum absolute atomic E-state index is 12.3. The standard InChI is InChI=1S/C19H26N4O3/c1-19(2,3)17(25)20-12-16(24)22-10-8-13(9-11-22)23-15-7-5-4-6-14(15)21-18(23)26/h4-7,13H,8-12H2,1-3H3,(H,20,25)(H,21,26). The molecule has 0 bridgehead atoms. The molecule has 1 aromatic carbocycles. The maximum Gasteiger partial charge on any atom is 0.326 e. The predicted molar refractivity (Wildman–Crippen MR) is 99.9 cm³/mol. The fourth-order valence-electron chi connectivity index (χ4n) is 3.34. The lowest BCUT2D eigenvalue weighted by Gasteiger charge is -2.32. The molecule has 0 radical (unpaired) electrons. The van der Waals surface area contributed by atoms with Crippen LogP contribution in [0.5, 0.6) is 0 Å². The van der Waals surface area contributed by atoms with Crippen molar-refractivity contribution in [3.63, 3.8) is 0 Å². The van der Waals surface area contributed by atoms with Gasteiger partial charge in [0.15, 0.2) is 0 Å². The molecule has 0 spiro atoms. The van der Waals surface area contributed by atoms with Crippen LogP contribution in [0.25, 0.3) is 11.0 Å². The third kappa shape index (κ3) is 3.66. The number of aromatic amines is 1. The second-order valence-electron chi connectivity index (χ2n) is 7.86. The number of piperidine rings is 1. The lowest BCUT2D eigenvalue weighted by Crippen LogP contribution is -2.46. The number of hydrogen-bond acceptors (Lipinski definition) is 3. The molecule has 1 fully saturated rings. The lowest BCUT2D eigenvalue weighted by molar-refractivity contribution is -0.136. The van der Waals surface area contributed by atoms with Crippen molar-refractivity contribution in [2.45, 2.75) is 39.7 Å². The first kappa shape index (κ1) is 18.2. The summed E-state index contributed by atoms with van der Waals surface area (Å²) in [7, 11) is 0. The van der Waals surface area contributed by atoms with E-state index >= 15 is 0 Å². The first-order valence-corrected chi connectivity index (χ1v) is 9.02. The van der Waals surface area contributed by atoms with E-state index < -0.39 is 5.41 Å². The molecular formula is C19H26N4O3. The third-order valence-corrected chi connectivity index (χ3v) is 4.89. The van der Waals surface area contributed by atoms with E-state index in [0.717, 1.165) is 23.9 Å². The molecule has 1 saturated heterocycles. The fraction of sp³-hybridized carbons (Fsp3) is 0.526.